The van der Waals surface area contributed by atoms with E-state index in [0.29, 0.717) is 0 Å². The number of piperazine rings is 1. The minimum absolute atomic E-state index is 0. The highest BCUT2D eigenvalue weighted by atomic mass is 35.5. The molecule has 5 heteroatoms. The van der Waals surface area contributed by atoms with Gasteiger partial charge in [0, 0.05) is 25.3 Å². The van der Waals surface area contributed by atoms with Crippen LogP contribution in [0.4, 0.5) is 5.69 Å². The predicted octanol–water partition coefficient (Wildman–Crippen LogP) is 1.30. The number of benzene rings is 1. The molecule has 0 aromatic heterocycles. The second-order valence-electron chi connectivity index (χ2n) is 5.16. The lowest BCUT2D eigenvalue weighted by Crippen LogP contribution is -2.50. The first kappa shape index (κ1) is 14.3. The summed E-state index contributed by atoms with van der Waals surface area (Å²) in [7, 11) is 0. The van der Waals surface area contributed by atoms with E-state index in [1.165, 1.54) is 11.1 Å². The average molecular weight is 282 g/mol. The molecule has 2 aliphatic heterocycles. The molecule has 1 aromatic carbocycles. The number of hydrogen-bond donors (Lipinski definition) is 1. The molecule has 19 heavy (non-hydrogen) atoms. The van der Waals surface area contributed by atoms with E-state index in [4.69, 9.17) is 0 Å². The third kappa shape index (κ3) is 2.36. The van der Waals surface area contributed by atoms with Gasteiger partial charge >= 0.3 is 0 Å². The van der Waals surface area contributed by atoms with E-state index in [0.717, 1.165) is 32.0 Å². The van der Waals surface area contributed by atoms with Crippen LogP contribution < -0.4 is 10.2 Å². The Balaban J connectivity index is 0.00000133. The SMILES string of the molecule is Cc1cccc(N2CN3CCNCC3C2=O)c1C.Cl. The van der Waals surface area contributed by atoms with Gasteiger partial charge in [-0.25, -0.2) is 0 Å². The van der Waals surface area contributed by atoms with Crippen LogP contribution in [0.2, 0.25) is 0 Å². The summed E-state index contributed by atoms with van der Waals surface area (Å²) in [5, 5.41) is 3.30. The summed E-state index contributed by atoms with van der Waals surface area (Å²) in [6, 6.07) is 6.19. The van der Waals surface area contributed by atoms with Crippen molar-refractivity contribution in [2.24, 2.45) is 0 Å². The van der Waals surface area contributed by atoms with E-state index >= 15 is 0 Å². The molecule has 0 bridgehead atoms. The van der Waals surface area contributed by atoms with Crippen molar-refractivity contribution in [3.8, 4) is 0 Å². The van der Waals surface area contributed by atoms with Gasteiger partial charge in [0.05, 0.1) is 6.67 Å². The van der Waals surface area contributed by atoms with Crippen molar-refractivity contribution >= 4 is 24.0 Å². The molecular formula is C14H20ClN3O. The first-order valence-electron chi connectivity index (χ1n) is 6.51. The van der Waals surface area contributed by atoms with Crippen LogP contribution in [0, 0.1) is 13.8 Å². The fourth-order valence-electron chi connectivity index (χ4n) is 2.81. The second kappa shape index (κ2) is 5.49. The zero-order valence-corrected chi connectivity index (χ0v) is 12.2. The number of anilines is 1. The van der Waals surface area contributed by atoms with Gasteiger partial charge in [-0.2, -0.15) is 0 Å². The summed E-state index contributed by atoms with van der Waals surface area (Å²) in [6.07, 6.45) is 0. The third-order valence-corrected chi connectivity index (χ3v) is 4.10. The van der Waals surface area contributed by atoms with Gasteiger partial charge in [-0.15, -0.1) is 12.4 Å². The van der Waals surface area contributed by atoms with Crippen LogP contribution in [0.5, 0.6) is 0 Å². The first-order chi connectivity index (χ1) is 8.68. The Hall–Kier alpha value is -1.10. The largest absolute Gasteiger partial charge is 0.313 e. The monoisotopic (exact) mass is 281 g/mol. The Morgan fingerprint density at radius 1 is 1.32 bits per heavy atom. The van der Waals surface area contributed by atoms with Crippen LogP contribution in [0.3, 0.4) is 0 Å². The molecule has 104 valence electrons. The van der Waals surface area contributed by atoms with Gasteiger partial charge in [0.25, 0.3) is 0 Å². The number of halogens is 1. The molecule has 0 radical (unpaired) electrons. The van der Waals surface area contributed by atoms with E-state index in [2.05, 4.69) is 30.1 Å². The number of nitrogens with zero attached hydrogens (tertiary/aromatic N) is 2. The van der Waals surface area contributed by atoms with Crippen LogP contribution in [0.15, 0.2) is 18.2 Å². The minimum atomic E-state index is 0. The Morgan fingerprint density at radius 2 is 2.11 bits per heavy atom. The maximum atomic E-state index is 12.4. The lowest BCUT2D eigenvalue weighted by molar-refractivity contribution is -0.120. The Labute approximate surface area is 120 Å². The van der Waals surface area contributed by atoms with Crippen molar-refractivity contribution in [3.63, 3.8) is 0 Å². The summed E-state index contributed by atoms with van der Waals surface area (Å²) >= 11 is 0. The number of amides is 1. The summed E-state index contributed by atoms with van der Waals surface area (Å²) < 4.78 is 0. The van der Waals surface area contributed by atoms with E-state index in [1.54, 1.807) is 0 Å². The van der Waals surface area contributed by atoms with Crippen LogP contribution in [-0.4, -0.2) is 43.2 Å². The molecule has 2 heterocycles. The standard InChI is InChI=1S/C14H19N3O.ClH/c1-10-4-3-5-12(11(10)2)17-9-16-7-6-15-8-13(16)14(17)18;/h3-5,13,15H,6-9H2,1-2H3;1H. The summed E-state index contributed by atoms with van der Waals surface area (Å²) in [6.45, 7) is 7.62. The Bertz CT molecular complexity index is 492. The maximum absolute atomic E-state index is 12.4. The smallest absolute Gasteiger partial charge is 0.246 e. The highest BCUT2D eigenvalue weighted by Crippen LogP contribution is 2.28. The number of aryl methyl sites for hydroxylation is 1. The van der Waals surface area contributed by atoms with Gasteiger partial charge in [-0.3, -0.25) is 14.6 Å². The van der Waals surface area contributed by atoms with Crippen LogP contribution in [0.1, 0.15) is 11.1 Å². The molecule has 1 amide bonds. The van der Waals surface area contributed by atoms with Crippen molar-refractivity contribution in [2.45, 2.75) is 19.9 Å². The van der Waals surface area contributed by atoms with E-state index in [9.17, 15) is 4.79 Å². The molecule has 2 saturated heterocycles. The highest BCUT2D eigenvalue weighted by molar-refractivity contribution is 6.00. The van der Waals surface area contributed by atoms with Gasteiger partial charge in [0.1, 0.15) is 6.04 Å². The maximum Gasteiger partial charge on any atom is 0.246 e. The molecule has 0 spiro atoms. The molecule has 3 rings (SSSR count). The van der Waals surface area contributed by atoms with Gasteiger partial charge in [0.15, 0.2) is 0 Å². The lowest BCUT2D eigenvalue weighted by atomic mass is 10.1. The van der Waals surface area contributed by atoms with Gasteiger partial charge in [-0.05, 0) is 31.0 Å². The molecule has 1 N–H and O–H groups in total. The normalized spacial score (nSPS) is 23.2. The minimum Gasteiger partial charge on any atom is -0.313 e. The number of carbonyl (C=O) groups excluding carboxylic acids is 1. The zero-order chi connectivity index (χ0) is 12.7. The molecule has 4 nitrogen and oxygen atoms in total. The molecule has 2 fully saturated rings. The summed E-state index contributed by atoms with van der Waals surface area (Å²) in [5.74, 6) is 0.232. The van der Waals surface area contributed by atoms with E-state index in [-0.39, 0.29) is 24.4 Å². The first-order valence-corrected chi connectivity index (χ1v) is 6.51. The van der Waals surface area contributed by atoms with Crippen molar-refractivity contribution in [1.29, 1.82) is 0 Å². The average Bonchev–Trinajstić information content (AvgIpc) is 2.71. The number of fused-ring (bicyclic) bond motifs is 1. The van der Waals surface area contributed by atoms with Crippen molar-refractivity contribution < 1.29 is 4.79 Å². The lowest BCUT2D eigenvalue weighted by Gasteiger charge is -2.26. The van der Waals surface area contributed by atoms with Crippen molar-refractivity contribution in [1.82, 2.24) is 10.2 Å². The van der Waals surface area contributed by atoms with Crippen molar-refractivity contribution in [3.05, 3.63) is 29.3 Å². The second-order valence-corrected chi connectivity index (χ2v) is 5.16. The Morgan fingerprint density at radius 3 is 2.84 bits per heavy atom. The third-order valence-electron chi connectivity index (χ3n) is 4.10. The molecule has 1 unspecified atom stereocenters. The fraction of sp³-hybridized carbons (Fsp3) is 0.500. The van der Waals surface area contributed by atoms with Crippen LogP contribution in [0.25, 0.3) is 0 Å². The summed E-state index contributed by atoms with van der Waals surface area (Å²) in [5.41, 5.74) is 3.51. The van der Waals surface area contributed by atoms with Gasteiger partial charge < -0.3 is 5.32 Å². The van der Waals surface area contributed by atoms with Crippen molar-refractivity contribution in [2.75, 3.05) is 31.2 Å². The molecule has 0 saturated carbocycles. The molecule has 1 atom stereocenters. The quantitative estimate of drug-likeness (QED) is 0.843. The number of rotatable bonds is 1. The van der Waals surface area contributed by atoms with Gasteiger partial charge in [0.2, 0.25) is 5.91 Å². The zero-order valence-electron chi connectivity index (χ0n) is 11.3. The molecule has 1 aromatic rings. The predicted molar refractivity (Wildman–Crippen MR) is 78.9 cm³/mol. The number of hydrogen-bond acceptors (Lipinski definition) is 3. The fourth-order valence-corrected chi connectivity index (χ4v) is 2.81. The topological polar surface area (TPSA) is 35.6 Å². The van der Waals surface area contributed by atoms with Crippen LogP contribution in [-0.2, 0) is 4.79 Å². The molecule has 2 aliphatic rings. The van der Waals surface area contributed by atoms with E-state index in [1.807, 2.05) is 17.0 Å². The number of carbonyl (C=O) groups is 1. The molecular weight excluding hydrogens is 262 g/mol. The molecule has 0 aliphatic carbocycles. The van der Waals surface area contributed by atoms with Gasteiger partial charge in [-0.1, -0.05) is 12.1 Å². The summed E-state index contributed by atoms with van der Waals surface area (Å²) in [4.78, 5) is 16.6. The number of nitrogens with one attached hydrogen (secondary N) is 1. The van der Waals surface area contributed by atoms with E-state index < -0.39 is 0 Å². The highest BCUT2D eigenvalue weighted by Gasteiger charge is 2.40. The van der Waals surface area contributed by atoms with Crippen LogP contribution >= 0.6 is 12.4 Å². The Kier molecular flexibility index (Phi) is 4.13.